The number of thiophene rings is 1. The molecular formula is C13H16N6S. The van der Waals surface area contributed by atoms with Gasteiger partial charge >= 0.3 is 0 Å². The van der Waals surface area contributed by atoms with Gasteiger partial charge in [-0.05, 0) is 11.4 Å². The van der Waals surface area contributed by atoms with Crippen LogP contribution < -0.4 is 5.32 Å². The van der Waals surface area contributed by atoms with Gasteiger partial charge in [-0.15, -0.1) is 16.4 Å². The monoisotopic (exact) mass is 288 g/mol. The summed E-state index contributed by atoms with van der Waals surface area (Å²) in [5, 5.41) is 13.4. The molecule has 3 aromatic rings. The number of nitrogens with one attached hydrogen (secondary N) is 1. The summed E-state index contributed by atoms with van der Waals surface area (Å²) in [6, 6.07) is 4.31. The van der Waals surface area contributed by atoms with Crippen molar-refractivity contribution in [2.75, 3.05) is 6.54 Å². The van der Waals surface area contributed by atoms with Gasteiger partial charge in [0.05, 0.1) is 12.7 Å². The molecule has 1 atom stereocenters. The molecule has 1 N–H and O–H groups in total. The van der Waals surface area contributed by atoms with Crippen molar-refractivity contribution in [1.29, 1.82) is 0 Å². The van der Waals surface area contributed by atoms with Gasteiger partial charge in [0.1, 0.15) is 11.9 Å². The van der Waals surface area contributed by atoms with Crippen LogP contribution in [0.15, 0.2) is 42.3 Å². The van der Waals surface area contributed by atoms with Crippen molar-refractivity contribution >= 4 is 11.3 Å². The smallest absolute Gasteiger partial charge is 0.131 e. The predicted octanol–water partition coefficient (Wildman–Crippen LogP) is 1.45. The third kappa shape index (κ3) is 2.78. The Bertz CT molecular complexity index is 628. The number of nitrogens with zero attached hydrogens (tertiary/aromatic N) is 5. The lowest BCUT2D eigenvalue weighted by Gasteiger charge is -2.17. The van der Waals surface area contributed by atoms with Crippen molar-refractivity contribution in [3.63, 3.8) is 0 Å². The summed E-state index contributed by atoms with van der Waals surface area (Å²) in [7, 11) is 2.02. The average molecular weight is 288 g/mol. The number of aryl methyl sites for hydroxylation is 1. The van der Waals surface area contributed by atoms with E-state index in [-0.39, 0.29) is 6.04 Å². The van der Waals surface area contributed by atoms with Crippen molar-refractivity contribution < 1.29 is 0 Å². The summed E-state index contributed by atoms with van der Waals surface area (Å²) in [6.45, 7) is 1.59. The SMILES string of the molecule is Cn1ccnc1C(NCCn1ccnn1)c1cccs1. The van der Waals surface area contributed by atoms with E-state index < -0.39 is 0 Å². The van der Waals surface area contributed by atoms with Gasteiger partial charge in [-0.3, -0.25) is 4.68 Å². The second-order valence-corrected chi connectivity index (χ2v) is 5.44. The minimum Gasteiger partial charge on any atom is -0.336 e. The Morgan fingerprint density at radius 2 is 2.30 bits per heavy atom. The van der Waals surface area contributed by atoms with Gasteiger partial charge in [-0.1, -0.05) is 11.3 Å². The molecule has 3 aromatic heterocycles. The number of rotatable bonds is 6. The fraction of sp³-hybridized carbons (Fsp3) is 0.308. The second-order valence-electron chi connectivity index (χ2n) is 4.47. The van der Waals surface area contributed by atoms with Crippen molar-refractivity contribution in [2.24, 2.45) is 7.05 Å². The zero-order chi connectivity index (χ0) is 13.8. The van der Waals surface area contributed by atoms with Crippen LogP contribution in [0.4, 0.5) is 0 Å². The number of hydrogen-bond acceptors (Lipinski definition) is 5. The van der Waals surface area contributed by atoms with Crippen molar-refractivity contribution in [3.8, 4) is 0 Å². The highest BCUT2D eigenvalue weighted by Crippen LogP contribution is 2.24. The summed E-state index contributed by atoms with van der Waals surface area (Å²) in [4.78, 5) is 5.72. The Hall–Kier alpha value is -1.99. The highest BCUT2D eigenvalue weighted by molar-refractivity contribution is 7.10. The zero-order valence-corrected chi connectivity index (χ0v) is 12.0. The van der Waals surface area contributed by atoms with E-state index in [0.29, 0.717) is 0 Å². The zero-order valence-electron chi connectivity index (χ0n) is 11.2. The van der Waals surface area contributed by atoms with Crippen LogP contribution in [-0.2, 0) is 13.6 Å². The Morgan fingerprint density at radius 1 is 1.35 bits per heavy atom. The highest BCUT2D eigenvalue weighted by Gasteiger charge is 2.18. The van der Waals surface area contributed by atoms with Crippen LogP contribution in [0, 0.1) is 0 Å². The van der Waals surface area contributed by atoms with E-state index in [9.17, 15) is 0 Å². The molecule has 0 saturated carbocycles. The van der Waals surface area contributed by atoms with Crippen LogP contribution in [0.3, 0.4) is 0 Å². The van der Waals surface area contributed by atoms with Gasteiger partial charge in [0, 0.05) is 37.1 Å². The minimum absolute atomic E-state index is 0.110. The molecule has 0 amide bonds. The molecule has 0 radical (unpaired) electrons. The summed E-state index contributed by atoms with van der Waals surface area (Å²) in [5.41, 5.74) is 0. The molecular weight excluding hydrogens is 272 g/mol. The Morgan fingerprint density at radius 3 is 2.95 bits per heavy atom. The maximum atomic E-state index is 4.46. The van der Waals surface area contributed by atoms with Gasteiger partial charge in [0.2, 0.25) is 0 Å². The van der Waals surface area contributed by atoms with E-state index in [1.165, 1.54) is 4.88 Å². The van der Waals surface area contributed by atoms with Gasteiger partial charge < -0.3 is 9.88 Å². The molecule has 0 fully saturated rings. The molecule has 0 saturated heterocycles. The first-order valence-corrected chi connectivity index (χ1v) is 7.30. The molecule has 3 rings (SSSR count). The summed E-state index contributed by atoms with van der Waals surface area (Å²) in [6.07, 6.45) is 7.35. The lowest BCUT2D eigenvalue weighted by atomic mass is 10.2. The van der Waals surface area contributed by atoms with Crippen molar-refractivity contribution in [2.45, 2.75) is 12.6 Å². The topological polar surface area (TPSA) is 60.6 Å². The van der Waals surface area contributed by atoms with E-state index in [1.807, 2.05) is 34.9 Å². The van der Waals surface area contributed by atoms with E-state index in [0.717, 1.165) is 18.9 Å². The van der Waals surface area contributed by atoms with Crippen LogP contribution in [-0.4, -0.2) is 31.1 Å². The molecule has 20 heavy (non-hydrogen) atoms. The van der Waals surface area contributed by atoms with Crippen LogP contribution in [0.5, 0.6) is 0 Å². The molecule has 7 heteroatoms. The normalized spacial score (nSPS) is 12.7. The third-order valence-corrected chi connectivity index (χ3v) is 4.04. The molecule has 104 valence electrons. The van der Waals surface area contributed by atoms with Crippen LogP contribution >= 0.6 is 11.3 Å². The minimum atomic E-state index is 0.110. The average Bonchev–Trinajstić information content (AvgIpc) is 3.18. The first kappa shape index (κ1) is 13.0. The maximum Gasteiger partial charge on any atom is 0.131 e. The number of aromatic nitrogens is 5. The lowest BCUT2D eigenvalue weighted by molar-refractivity contribution is 0.498. The molecule has 6 nitrogen and oxygen atoms in total. The van der Waals surface area contributed by atoms with Gasteiger partial charge in [-0.2, -0.15) is 0 Å². The van der Waals surface area contributed by atoms with Crippen LogP contribution in [0.2, 0.25) is 0 Å². The lowest BCUT2D eigenvalue weighted by Crippen LogP contribution is -2.27. The molecule has 0 aromatic carbocycles. The maximum absolute atomic E-state index is 4.46. The highest BCUT2D eigenvalue weighted by atomic mass is 32.1. The first-order valence-electron chi connectivity index (χ1n) is 6.42. The van der Waals surface area contributed by atoms with E-state index in [2.05, 4.69) is 38.1 Å². The summed E-state index contributed by atoms with van der Waals surface area (Å²) in [5.74, 6) is 1.02. The number of hydrogen-bond donors (Lipinski definition) is 1. The molecule has 1 unspecified atom stereocenters. The number of imidazole rings is 1. The molecule has 0 bridgehead atoms. The Balaban J connectivity index is 1.72. The standard InChI is InChI=1S/C13H16N6S/c1-18-7-4-15-13(18)12(11-3-2-10-20-11)14-5-8-19-9-6-16-17-19/h2-4,6-7,9-10,12,14H,5,8H2,1H3. The quantitative estimate of drug-likeness (QED) is 0.746. The summed E-state index contributed by atoms with van der Waals surface area (Å²) >= 11 is 1.74. The second kappa shape index (κ2) is 5.98. The molecule has 0 aliphatic rings. The molecule has 0 aliphatic heterocycles. The van der Waals surface area contributed by atoms with Crippen LogP contribution in [0.1, 0.15) is 16.7 Å². The van der Waals surface area contributed by atoms with Gasteiger partial charge in [0.25, 0.3) is 0 Å². The molecule has 0 aliphatic carbocycles. The van der Waals surface area contributed by atoms with E-state index in [4.69, 9.17) is 0 Å². The van der Waals surface area contributed by atoms with Gasteiger partial charge in [-0.25, -0.2) is 4.98 Å². The summed E-state index contributed by atoms with van der Waals surface area (Å²) < 4.78 is 3.86. The molecule has 3 heterocycles. The Kier molecular flexibility index (Phi) is 3.89. The first-order chi connectivity index (χ1) is 9.84. The van der Waals surface area contributed by atoms with E-state index >= 15 is 0 Å². The fourth-order valence-corrected chi connectivity index (χ4v) is 2.90. The molecule has 0 spiro atoms. The van der Waals surface area contributed by atoms with Crippen LogP contribution in [0.25, 0.3) is 0 Å². The third-order valence-electron chi connectivity index (χ3n) is 3.11. The van der Waals surface area contributed by atoms with Crippen molar-refractivity contribution in [3.05, 3.63) is 53.0 Å². The van der Waals surface area contributed by atoms with Gasteiger partial charge in [0.15, 0.2) is 0 Å². The predicted molar refractivity (Wildman–Crippen MR) is 77.4 cm³/mol. The fourth-order valence-electron chi connectivity index (χ4n) is 2.11. The van der Waals surface area contributed by atoms with E-state index in [1.54, 1.807) is 17.5 Å². The Labute approximate surface area is 121 Å². The van der Waals surface area contributed by atoms with Crippen molar-refractivity contribution in [1.82, 2.24) is 29.9 Å². The largest absolute Gasteiger partial charge is 0.336 e.